The number of hydrogen-bond donors (Lipinski definition) is 0. The van der Waals surface area contributed by atoms with Crippen molar-refractivity contribution in [1.82, 2.24) is 19.3 Å². The minimum Gasteiger partial charge on any atom is -0.309 e. The summed E-state index contributed by atoms with van der Waals surface area (Å²) in [5.41, 5.74) is 3.21. The fourth-order valence-electron chi connectivity index (χ4n) is 3.58. The highest BCUT2D eigenvalue weighted by molar-refractivity contribution is 6.20. The van der Waals surface area contributed by atoms with Gasteiger partial charge in [0.1, 0.15) is 11.3 Å². The molecule has 1 aliphatic rings. The van der Waals surface area contributed by atoms with Crippen molar-refractivity contribution in [3.8, 4) is 0 Å². The lowest BCUT2D eigenvalue weighted by Crippen LogP contribution is -2.15. The van der Waals surface area contributed by atoms with Crippen molar-refractivity contribution in [2.75, 3.05) is 0 Å². The number of hydrogen-bond acceptors (Lipinski definition) is 2. The van der Waals surface area contributed by atoms with Gasteiger partial charge in [0, 0.05) is 12.6 Å². The van der Waals surface area contributed by atoms with Crippen LogP contribution >= 0.6 is 11.6 Å². The molecule has 0 aliphatic heterocycles. The SMILES string of the molecule is CCn1nc(C)c2nc(C(C)Cl)n(C3CCCCCC3)c21. The minimum atomic E-state index is -0.0645. The molecule has 1 unspecified atom stereocenters. The molecular weight excluding hydrogens is 284 g/mol. The molecule has 0 radical (unpaired) electrons. The first-order valence-electron chi connectivity index (χ1n) is 8.22. The molecule has 3 rings (SSSR count). The van der Waals surface area contributed by atoms with Gasteiger partial charge < -0.3 is 4.57 Å². The number of rotatable bonds is 3. The molecule has 1 fully saturated rings. The molecule has 0 spiro atoms. The van der Waals surface area contributed by atoms with Crippen LogP contribution in [0.25, 0.3) is 11.2 Å². The molecule has 0 bridgehead atoms. The number of aromatic nitrogens is 4. The quantitative estimate of drug-likeness (QED) is 0.605. The summed E-state index contributed by atoms with van der Waals surface area (Å²) < 4.78 is 4.49. The minimum absolute atomic E-state index is 0.0645. The molecule has 1 aliphatic carbocycles. The highest BCUT2D eigenvalue weighted by Gasteiger charge is 2.26. The number of nitrogens with zero attached hydrogens (tertiary/aromatic N) is 4. The zero-order chi connectivity index (χ0) is 15.0. The summed E-state index contributed by atoms with van der Waals surface area (Å²) in [5.74, 6) is 1.02. The van der Waals surface area contributed by atoms with Gasteiger partial charge in [-0.25, -0.2) is 9.67 Å². The Morgan fingerprint density at radius 1 is 1.24 bits per heavy atom. The highest BCUT2D eigenvalue weighted by atomic mass is 35.5. The average molecular weight is 309 g/mol. The predicted molar refractivity (Wildman–Crippen MR) is 86.9 cm³/mol. The lowest BCUT2D eigenvalue weighted by Gasteiger charge is -2.21. The Morgan fingerprint density at radius 3 is 2.48 bits per heavy atom. The van der Waals surface area contributed by atoms with E-state index in [0.717, 1.165) is 23.6 Å². The molecule has 0 aromatic carbocycles. The van der Waals surface area contributed by atoms with Crippen molar-refractivity contribution < 1.29 is 0 Å². The third-order valence-corrected chi connectivity index (χ3v) is 4.81. The summed E-state index contributed by atoms with van der Waals surface area (Å²) >= 11 is 6.43. The Labute approximate surface area is 131 Å². The van der Waals surface area contributed by atoms with Gasteiger partial charge in [0.2, 0.25) is 0 Å². The Bertz CT molecular complexity index is 618. The topological polar surface area (TPSA) is 35.6 Å². The largest absolute Gasteiger partial charge is 0.309 e. The summed E-state index contributed by atoms with van der Waals surface area (Å²) in [7, 11) is 0. The van der Waals surface area contributed by atoms with Gasteiger partial charge in [-0.05, 0) is 33.6 Å². The fraction of sp³-hybridized carbons (Fsp3) is 0.750. The van der Waals surface area contributed by atoms with Crippen LogP contribution < -0.4 is 0 Å². The van der Waals surface area contributed by atoms with Crippen molar-refractivity contribution in [3.63, 3.8) is 0 Å². The molecular formula is C16H25ClN4. The van der Waals surface area contributed by atoms with E-state index in [9.17, 15) is 0 Å². The Kier molecular flexibility index (Phi) is 4.25. The van der Waals surface area contributed by atoms with Gasteiger partial charge in [-0.15, -0.1) is 11.6 Å². The van der Waals surface area contributed by atoms with Gasteiger partial charge in [-0.2, -0.15) is 5.10 Å². The van der Waals surface area contributed by atoms with Crippen molar-refractivity contribution in [2.24, 2.45) is 0 Å². The van der Waals surface area contributed by atoms with E-state index in [2.05, 4.69) is 21.3 Å². The first kappa shape index (κ1) is 14.9. The Morgan fingerprint density at radius 2 is 1.90 bits per heavy atom. The van der Waals surface area contributed by atoms with Crippen LogP contribution in [0.5, 0.6) is 0 Å². The Hall–Kier alpha value is -1.03. The molecule has 4 nitrogen and oxygen atoms in total. The molecule has 0 amide bonds. The second-order valence-electron chi connectivity index (χ2n) is 6.17. The van der Waals surface area contributed by atoms with Crippen LogP contribution in [0.1, 0.15) is 75.3 Å². The van der Waals surface area contributed by atoms with Crippen LogP contribution in [-0.4, -0.2) is 19.3 Å². The second-order valence-corrected chi connectivity index (χ2v) is 6.83. The van der Waals surface area contributed by atoms with Crippen molar-refractivity contribution in [2.45, 2.75) is 77.3 Å². The number of alkyl halides is 1. The summed E-state index contributed by atoms with van der Waals surface area (Å²) in [6.07, 6.45) is 7.78. The van der Waals surface area contributed by atoms with E-state index < -0.39 is 0 Å². The lowest BCUT2D eigenvalue weighted by molar-refractivity contribution is 0.431. The van der Waals surface area contributed by atoms with Crippen LogP contribution in [-0.2, 0) is 6.54 Å². The third kappa shape index (κ3) is 2.59. The molecule has 116 valence electrons. The van der Waals surface area contributed by atoms with E-state index in [4.69, 9.17) is 16.6 Å². The summed E-state index contributed by atoms with van der Waals surface area (Å²) in [6, 6.07) is 0.523. The average Bonchev–Trinajstić information content (AvgIpc) is 2.86. The van der Waals surface area contributed by atoms with Gasteiger partial charge in [-0.1, -0.05) is 25.7 Å². The summed E-state index contributed by atoms with van der Waals surface area (Å²) in [6.45, 7) is 7.08. The number of imidazole rings is 1. The molecule has 1 atom stereocenters. The van der Waals surface area contributed by atoms with Crippen molar-refractivity contribution >= 4 is 22.8 Å². The van der Waals surface area contributed by atoms with Gasteiger partial charge >= 0.3 is 0 Å². The molecule has 1 saturated carbocycles. The molecule has 21 heavy (non-hydrogen) atoms. The summed E-state index contributed by atoms with van der Waals surface area (Å²) in [4.78, 5) is 4.83. The van der Waals surface area contributed by atoms with Gasteiger partial charge in [0.05, 0.1) is 11.1 Å². The van der Waals surface area contributed by atoms with Gasteiger partial charge in [0.25, 0.3) is 0 Å². The van der Waals surface area contributed by atoms with Crippen LogP contribution in [0.15, 0.2) is 0 Å². The highest BCUT2D eigenvalue weighted by Crippen LogP contribution is 2.35. The molecule has 0 saturated heterocycles. The maximum Gasteiger partial charge on any atom is 0.159 e. The van der Waals surface area contributed by atoms with Gasteiger partial charge in [0.15, 0.2) is 5.65 Å². The van der Waals surface area contributed by atoms with E-state index in [1.165, 1.54) is 44.2 Å². The standard InChI is InChI=1S/C16H25ClN4/c1-4-20-16-14(12(3)19-20)18-15(11(2)17)21(16)13-9-7-5-6-8-10-13/h11,13H,4-10H2,1-3H3. The van der Waals surface area contributed by atoms with E-state index in [1.54, 1.807) is 0 Å². The summed E-state index contributed by atoms with van der Waals surface area (Å²) in [5, 5.41) is 4.57. The molecule has 2 heterocycles. The van der Waals surface area contributed by atoms with E-state index in [1.807, 2.05) is 13.8 Å². The van der Waals surface area contributed by atoms with Gasteiger partial charge in [-0.3, -0.25) is 0 Å². The predicted octanol–water partition coefficient (Wildman–Crippen LogP) is 4.76. The normalized spacial score (nSPS) is 19.0. The number of halogens is 1. The zero-order valence-electron chi connectivity index (χ0n) is 13.3. The van der Waals surface area contributed by atoms with Crippen molar-refractivity contribution in [1.29, 1.82) is 0 Å². The number of aryl methyl sites for hydroxylation is 2. The second kappa shape index (κ2) is 5.99. The maximum atomic E-state index is 6.43. The first-order chi connectivity index (χ1) is 10.1. The molecule has 5 heteroatoms. The Balaban J connectivity index is 2.18. The fourth-order valence-corrected chi connectivity index (χ4v) is 3.74. The van der Waals surface area contributed by atoms with E-state index >= 15 is 0 Å². The van der Waals surface area contributed by atoms with Crippen LogP contribution in [0, 0.1) is 6.92 Å². The van der Waals surface area contributed by atoms with E-state index in [0.29, 0.717) is 6.04 Å². The van der Waals surface area contributed by atoms with Crippen LogP contribution in [0.4, 0.5) is 0 Å². The smallest absolute Gasteiger partial charge is 0.159 e. The van der Waals surface area contributed by atoms with Crippen LogP contribution in [0.3, 0.4) is 0 Å². The lowest BCUT2D eigenvalue weighted by atomic mass is 10.1. The first-order valence-corrected chi connectivity index (χ1v) is 8.66. The number of fused-ring (bicyclic) bond motifs is 1. The van der Waals surface area contributed by atoms with Crippen LogP contribution in [0.2, 0.25) is 0 Å². The zero-order valence-corrected chi connectivity index (χ0v) is 14.0. The van der Waals surface area contributed by atoms with Crippen molar-refractivity contribution in [3.05, 3.63) is 11.5 Å². The molecule has 2 aromatic rings. The monoisotopic (exact) mass is 308 g/mol. The molecule has 2 aromatic heterocycles. The third-order valence-electron chi connectivity index (χ3n) is 4.62. The maximum absolute atomic E-state index is 6.43. The molecule has 0 N–H and O–H groups in total. The van der Waals surface area contributed by atoms with E-state index in [-0.39, 0.29) is 5.38 Å².